The lowest BCUT2D eigenvalue weighted by Gasteiger charge is -2.27. The van der Waals surface area contributed by atoms with Gasteiger partial charge in [0.15, 0.2) is 0 Å². The molecule has 0 bridgehead atoms. The first kappa shape index (κ1) is 12.0. The fourth-order valence-corrected chi connectivity index (χ4v) is 2.37. The van der Waals surface area contributed by atoms with E-state index in [9.17, 15) is 4.79 Å². The lowest BCUT2D eigenvalue weighted by atomic mass is 9.84. The van der Waals surface area contributed by atoms with Crippen LogP contribution in [0.2, 0.25) is 0 Å². The Balaban J connectivity index is 2.12. The van der Waals surface area contributed by atoms with E-state index in [4.69, 9.17) is 5.73 Å². The van der Waals surface area contributed by atoms with Crippen molar-refractivity contribution in [3.8, 4) is 0 Å². The minimum atomic E-state index is -0.433. The summed E-state index contributed by atoms with van der Waals surface area (Å²) in [5.74, 6) is 0.0214. The van der Waals surface area contributed by atoms with Gasteiger partial charge in [0, 0.05) is 23.6 Å². The van der Waals surface area contributed by atoms with Crippen molar-refractivity contribution in [1.82, 2.24) is 4.98 Å². The Morgan fingerprint density at radius 3 is 3.00 bits per heavy atom. The minimum Gasteiger partial charge on any atom is -0.327 e. The lowest BCUT2D eigenvalue weighted by molar-refractivity contribution is -0.125. The van der Waals surface area contributed by atoms with Gasteiger partial charge in [0.1, 0.15) is 0 Å². The van der Waals surface area contributed by atoms with Crippen molar-refractivity contribution < 1.29 is 4.79 Å². The van der Waals surface area contributed by atoms with Crippen molar-refractivity contribution in [1.29, 1.82) is 0 Å². The van der Waals surface area contributed by atoms with Crippen LogP contribution in [-0.4, -0.2) is 16.9 Å². The average Bonchev–Trinajstić information content (AvgIpc) is 2.60. The van der Waals surface area contributed by atoms with Crippen LogP contribution in [0.1, 0.15) is 31.9 Å². The summed E-state index contributed by atoms with van der Waals surface area (Å²) < 4.78 is 0. The van der Waals surface area contributed by atoms with E-state index < -0.39 is 5.41 Å². The van der Waals surface area contributed by atoms with Crippen LogP contribution in [0.15, 0.2) is 18.3 Å². The van der Waals surface area contributed by atoms with Gasteiger partial charge in [-0.1, -0.05) is 6.42 Å². The summed E-state index contributed by atoms with van der Waals surface area (Å²) >= 11 is 0. The Bertz CT molecular complexity index is 432. The van der Waals surface area contributed by atoms with E-state index in [0.29, 0.717) is 0 Å². The largest absolute Gasteiger partial charge is 0.327 e. The minimum absolute atomic E-state index is 0.0214. The van der Waals surface area contributed by atoms with Gasteiger partial charge in [0.05, 0.1) is 5.41 Å². The maximum Gasteiger partial charge on any atom is 0.231 e. The molecule has 1 fully saturated rings. The van der Waals surface area contributed by atoms with Gasteiger partial charge in [-0.25, -0.2) is 0 Å². The van der Waals surface area contributed by atoms with E-state index in [-0.39, 0.29) is 11.9 Å². The number of carbonyl (C=O) groups excluding carboxylic acids is 1. The second-order valence-electron chi connectivity index (χ2n) is 5.06. The molecule has 1 aliphatic rings. The fourth-order valence-electron chi connectivity index (χ4n) is 2.37. The Morgan fingerprint density at radius 1 is 1.65 bits per heavy atom. The van der Waals surface area contributed by atoms with E-state index >= 15 is 0 Å². The molecule has 1 aliphatic carbocycles. The summed E-state index contributed by atoms with van der Waals surface area (Å²) in [7, 11) is 0. The van der Waals surface area contributed by atoms with E-state index in [1.165, 1.54) is 0 Å². The average molecular weight is 233 g/mol. The molecule has 1 amide bonds. The second-order valence-corrected chi connectivity index (χ2v) is 5.06. The molecule has 4 heteroatoms. The highest BCUT2D eigenvalue weighted by Crippen LogP contribution is 2.37. The van der Waals surface area contributed by atoms with E-state index in [1.54, 1.807) is 12.3 Å². The Kier molecular flexibility index (Phi) is 3.15. The summed E-state index contributed by atoms with van der Waals surface area (Å²) in [5.41, 5.74) is 7.28. The van der Waals surface area contributed by atoms with Crippen LogP contribution in [0.3, 0.4) is 0 Å². The standard InChI is InChI=1S/C13H19N3O/c1-9-8-10(5-7-15-9)16-12(17)13(2)6-3-4-11(13)14/h5,7-8,11H,3-4,6,14H2,1-2H3,(H,15,16,17). The number of hydrogen-bond donors (Lipinski definition) is 2. The number of aryl methyl sites for hydroxylation is 1. The summed E-state index contributed by atoms with van der Waals surface area (Å²) in [6.45, 7) is 3.85. The third kappa shape index (κ3) is 2.31. The number of carbonyl (C=O) groups is 1. The van der Waals surface area contributed by atoms with Crippen LogP contribution in [0.4, 0.5) is 5.69 Å². The number of amides is 1. The van der Waals surface area contributed by atoms with Crippen molar-refractivity contribution in [2.24, 2.45) is 11.1 Å². The topological polar surface area (TPSA) is 68.0 Å². The zero-order chi connectivity index (χ0) is 12.5. The lowest BCUT2D eigenvalue weighted by Crippen LogP contribution is -2.44. The number of rotatable bonds is 2. The number of nitrogens with one attached hydrogen (secondary N) is 1. The van der Waals surface area contributed by atoms with E-state index in [2.05, 4.69) is 10.3 Å². The first-order valence-corrected chi connectivity index (χ1v) is 6.02. The Hall–Kier alpha value is -1.42. The summed E-state index contributed by atoms with van der Waals surface area (Å²) in [5, 5.41) is 2.94. The van der Waals surface area contributed by atoms with Gasteiger partial charge in [0.2, 0.25) is 5.91 Å². The highest BCUT2D eigenvalue weighted by atomic mass is 16.2. The molecule has 2 unspecified atom stereocenters. The summed E-state index contributed by atoms with van der Waals surface area (Å²) in [6.07, 6.45) is 4.52. The Morgan fingerprint density at radius 2 is 2.41 bits per heavy atom. The van der Waals surface area contributed by atoms with Crippen molar-refractivity contribution in [3.63, 3.8) is 0 Å². The quantitative estimate of drug-likeness (QED) is 0.819. The molecule has 92 valence electrons. The molecule has 1 aromatic rings. The molecule has 0 saturated heterocycles. The van der Waals surface area contributed by atoms with Gasteiger partial charge >= 0.3 is 0 Å². The predicted octanol–water partition coefficient (Wildman–Crippen LogP) is 1.85. The zero-order valence-electron chi connectivity index (χ0n) is 10.4. The van der Waals surface area contributed by atoms with Crippen LogP contribution < -0.4 is 11.1 Å². The molecule has 1 heterocycles. The highest BCUT2D eigenvalue weighted by Gasteiger charge is 2.42. The molecule has 2 atom stereocenters. The molecular formula is C13H19N3O. The van der Waals surface area contributed by atoms with Gasteiger partial charge in [-0.05, 0) is 38.8 Å². The monoisotopic (exact) mass is 233 g/mol. The highest BCUT2D eigenvalue weighted by molar-refractivity contribution is 5.95. The number of anilines is 1. The van der Waals surface area contributed by atoms with Crippen LogP contribution in [0.25, 0.3) is 0 Å². The van der Waals surface area contributed by atoms with Crippen LogP contribution in [0, 0.1) is 12.3 Å². The number of aromatic nitrogens is 1. The van der Waals surface area contributed by atoms with E-state index in [1.807, 2.05) is 19.9 Å². The van der Waals surface area contributed by atoms with Crippen molar-refractivity contribution >= 4 is 11.6 Å². The molecule has 0 aromatic carbocycles. The molecular weight excluding hydrogens is 214 g/mol. The zero-order valence-corrected chi connectivity index (χ0v) is 10.4. The van der Waals surface area contributed by atoms with Crippen LogP contribution in [0.5, 0.6) is 0 Å². The molecule has 0 spiro atoms. The normalized spacial score (nSPS) is 28.1. The number of nitrogens with zero attached hydrogens (tertiary/aromatic N) is 1. The molecule has 1 saturated carbocycles. The van der Waals surface area contributed by atoms with Crippen molar-refractivity contribution in [2.75, 3.05) is 5.32 Å². The maximum absolute atomic E-state index is 12.2. The molecule has 0 radical (unpaired) electrons. The molecule has 1 aromatic heterocycles. The van der Waals surface area contributed by atoms with Gasteiger partial charge < -0.3 is 11.1 Å². The summed E-state index contributed by atoms with van der Waals surface area (Å²) in [6, 6.07) is 3.63. The Labute approximate surface area is 102 Å². The molecule has 17 heavy (non-hydrogen) atoms. The van der Waals surface area contributed by atoms with Crippen molar-refractivity contribution in [3.05, 3.63) is 24.0 Å². The SMILES string of the molecule is Cc1cc(NC(=O)C2(C)CCCC2N)ccn1. The van der Waals surface area contributed by atoms with Gasteiger partial charge in [-0.15, -0.1) is 0 Å². The molecule has 0 aliphatic heterocycles. The van der Waals surface area contributed by atoms with Crippen molar-refractivity contribution in [2.45, 2.75) is 39.2 Å². The number of nitrogens with two attached hydrogens (primary N) is 1. The third-order valence-electron chi connectivity index (χ3n) is 3.70. The molecule has 2 rings (SSSR count). The maximum atomic E-state index is 12.2. The van der Waals surface area contributed by atoms with Gasteiger partial charge in [-0.2, -0.15) is 0 Å². The third-order valence-corrected chi connectivity index (χ3v) is 3.70. The molecule has 4 nitrogen and oxygen atoms in total. The molecule has 3 N–H and O–H groups in total. The van der Waals surface area contributed by atoms with Gasteiger partial charge in [0.25, 0.3) is 0 Å². The van der Waals surface area contributed by atoms with Gasteiger partial charge in [-0.3, -0.25) is 9.78 Å². The predicted molar refractivity (Wildman–Crippen MR) is 67.5 cm³/mol. The fraction of sp³-hybridized carbons (Fsp3) is 0.538. The summed E-state index contributed by atoms with van der Waals surface area (Å²) in [4.78, 5) is 16.3. The second kappa shape index (κ2) is 4.45. The number of pyridine rings is 1. The first-order chi connectivity index (χ1) is 8.02. The number of hydrogen-bond acceptors (Lipinski definition) is 3. The smallest absolute Gasteiger partial charge is 0.231 e. The van der Waals surface area contributed by atoms with E-state index in [0.717, 1.165) is 30.6 Å². The first-order valence-electron chi connectivity index (χ1n) is 6.02. The van der Waals surface area contributed by atoms with Crippen LogP contribution >= 0.6 is 0 Å². The van der Waals surface area contributed by atoms with Crippen LogP contribution in [-0.2, 0) is 4.79 Å².